The molecule has 86 valence electrons. The van der Waals surface area contributed by atoms with Gasteiger partial charge >= 0.3 is 0 Å². The SMILES string of the molecule is Cc1cc(C)c(NC(=O)C2CC2C)c(C)n1. The molecule has 2 atom stereocenters. The van der Waals surface area contributed by atoms with Crippen LogP contribution in [0.4, 0.5) is 5.69 Å². The summed E-state index contributed by atoms with van der Waals surface area (Å²) in [6.07, 6.45) is 1.02. The molecule has 1 heterocycles. The third kappa shape index (κ3) is 2.08. The van der Waals surface area contributed by atoms with Gasteiger partial charge in [0.2, 0.25) is 5.91 Å². The van der Waals surface area contributed by atoms with E-state index in [4.69, 9.17) is 0 Å². The lowest BCUT2D eigenvalue weighted by molar-refractivity contribution is -0.117. The summed E-state index contributed by atoms with van der Waals surface area (Å²) in [5.41, 5.74) is 3.87. The Morgan fingerprint density at radius 3 is 2.56 bits per heavy atom. The van der Waals surface area contributed by atoms with Crippen molar-refractivity contribution in [3.63, 3.8) is 0 Å². The molecule has 0 spiro atoms. The highest BCUT2D eigenvalue weighted by molar-refractivity contribution is 5.95. The van der Waals surface area contributed by atoms with Crippen molar-refractivity contribution >= 4 is 11.6 Å². The molecule has 0 aromatic carbocycles. The molecular weight excluding hydrogens is 200 g/mol. The fourth-order valence-corrected chi connectivity index (χ4v) is 2.12. The maximum atomic E-state index is 11.8. The summed E-state index contributed by atoms with van der Waals surface area (Å²) in [4.78, 5) is 16.2. The van der Waals surface area contributed by atoms with E-state index in [0.717, 1.165) is 29.1 Å². The summed E-state index contributed by atoms with van der Waals surface area (Å²) in [7, 11) is 0. The molecular formula is C13H18N2O. The number of aryl methyl sites for hydroxylation is 3. The number of carbonyl (C=O) groups is 1. The molecule has 3 heteroatoms. The minimum absolute atomic E-state index is 0.143. The second-order valence-electron chi connectivity index (χ2n) is 4.85. The van der Waals surface area contributed by atoms with Gasteiger partial charge in [-0.1, -0.05) is 6.92 Å². The molecule has 1 N–H and O–H groups in total. The van der Waals surface area contributed by atoms with Gasteiger partial charge < -0.3 is 5.32 Å². The number of amides is 1. The maximum absolute atomic E-state index is 11.8. The summed E-state index contributed by atoms with van der Waals surface area (Å²) in [5, 5.41) is 3.00. The zero-order valence-electron chi connectivity index (χ0n) is 10.3. The van der Waals surface area contributed by atoms with Crippen LogP contribution >= 0.6 is 0 Å². The predicted octanol–water partition coefficient (Wildman–Crippen LogP) is 2.60. The molecule has 0 saturated heterocycles. The van der Waals surface area contributed by atoms with Gasteiger partial charge in [-0.2, -0.15) is 0 Å². The standard InChI is InChI=1S/C13H18N2O/c1-7-6-11(7)13(16)15-12-8(2)5-9(3)14-10(12)4/h5,7,11H,6H2,1-4H3,(H,15,16). The Hall–Kier alpha value is -1.38. The van der Waals surface area contributed by atoms with Gasteiger partial charge in [0.05, 0.1) is 11.4 Å². The van der Waals surface area contributed by atoms with Crippen LogP contribution in [0.1, 0.15) is 30.3 Å². The number of rotatable bonds is 2. The normalized spacial score (nSPS) is 23.0. The summed E-state index contributed by atoms with van der Waals surface area (Å²) >= 11 is 0. The van der Waals surface area contributed by atoms with Crippen molar-refractivity contribution in [2.75, 3.05) is 5.32 Å². The van der Waals surface area contributed by atoms with Gasteiger partial charge in [-0.15, -0.1) is 0 Å². The Morgan fingerprint density at radius 2 is 2.06 bits per heavy atom. The van der Waals surface area contributed by atoms with E-state index in [0.29, 0.717) is 5.92 Å². The topological polar surface area (TPSA) is 42.0 Å². The van der Waals surface area contributed by atoms with Crippen molar-refractivity contribution in [3.05, 3.63) is 23.0 Å². The number of aromatic nitrogens is 1. The van der Waals surface area contributed by atoms with Crippen molar-refractivity contribution < 1.29 is 4.79 Å². The number of hydrogen-bond acceptors (Lipinski definition) is 2. The van der Waals surface area contributed by atoms with Gasteiger partial charge in [-0.3, -0.25) is 9.78 Å². The van der Waals surface area contributed by atoms with E-state index >= 15 is 0 Å². The number of nitrogens with one attached hydrogen (secondary N) is 1. The first-order valence-corrected chi connectivity index (χ1v) is 5.74. The number of nitrogens with zero attached hydrogens (tertiary/aromatic N) is 1. The zero-order valence-corrected chi connectivity index (χ0v) is 10.3. The molecule has 1 saturated carbocycles. The molecule has 1 aliphatic rings. The van der Waals surface area contributed by atoms with Crippen LogP contribution in [-0.2, 0) is 4.79 Å². The molecule has 0 bridgehead atoms. The monoisotopic (exact) mass is 218 g/mol. The van der Waals surface area contributed by atoms with E-state index in [-0.39, 0.29) is 11.8 Å². The Kier molecular flexibility index (Phi) is 2.70. The molecule has 0 radical (unpaired) electrons. The minimum atomic E-state index is 0.143. The first-order chi connectivity index (χ1) is 7.49. The van der Waals surface area contributed by atoms with Crippen LogP contribution in [0.3, 0.4) is 0 Å². The second kappa shape index (κ2) is 3.89. The third-order valence-corrected chi connectivity index (χ3v) is 3.22. The highest BCUT2D eigenvalue weighted by Crippen LogP contribution is 2.38. The van der Waals surface area contributed by atoms with E-state index in [9.17, 15) is 4.79 Å². The van der Waals surface area contributed by atoms with Crippen LogP contribution in [0, 0.1) is 32.6 Å². The molecule has 3 nitrogen and oxygen atoms in total. The average molecular weight is 218 g/mol. The lowest BCUT2D eigenvalue weighted by Crippen LogP contribution is -2.16. The number of carbonyl (C=O) groups excluding carboxylic acids is 1. The fraction of sp³-hybridized carbons (Fsp3) is 0.538. The highest BCUT2D eigenvalue weighted by atomic mass is 16.2. The van der Waals surface area contributed by atoms with E-state index < -0.39 is 0 Å². The highest BCUT2D eigenvalue weighted by Gasteiger charge is 2.39. The predicted molar refractivity (Wildman–Crippen MR) is 64.3 cm³/mol. The molecule has 2 rings (SSSR count). The van der Waals surface area contributed by atoms with E-state index in [2.05, 4.69) is 17.2 Å². The fourth-order valence-electron chi connectivity index (χ4n) is 2.12. The summed E-state index contributed by atoms with van der Waals surface area (Å²) < 4.78 is 0. The van der Waals surface area contributed by atoms with E-state index in [1.54, 1.807) is 0 Å². The quantitative estimate of drug-likeness (QED) is 0.829. The molecule has 1 amide bonds. The first kappa shape index (κ1) is 11.1. The van der Waals surface area contributed by atoms with E-state index in [1.165, 1.54) is 0 Å². The van der Waals surface area contributed by atoms with Crippen molar-refractivity contribution in [3.8, 4) is 0 Å². The molecule has 1 aromatic heterocycles. The number of anilines is 1. The first-order valence-electron chi connectivity index (χ1n) is 5.74. The lowest BCUT2D eigenvalue weighted by Gasteiger charge is -2.11. The third-order valence-electron chi connectivity index (χ3n) is 3.22. The van der Waals surface area contributed by atoms with Crippen molar-refractivity contribution in [2.45, 2.75) is 34.1 Å². The summed E-state index contributed by atoms with van der Waals surface area (Å²) in [6, 6.07) is 2.00. The Morgan fingerprint density at radius 1 is 1.44 bits per heavy atom. The zero-order chi connectivity index (χ0) is 11.9. The van der Waals surface area contributed by atoms with Gasteiger partial charge in [0.1, 0.15) is 0 Å². The van der Waals surface area contributed by atoms with Crippen LogP contribution < -0.4 is 5.32 Å². The maximum Gasteiger partial charge on any atom is 0.227 e. The van der Waals surface area contributed by atoms with Crippen LogP contribution in [-0.4, -0.2) is 10.9 Å². The summed E-state index contributed by atoms with van der Waals surface area (Å²) in [6.45, 7) is 8.02. The molecule has 0 aliphatic heterocycles. The number of hydrogen-bond donors (Lipinski definition) is 1. The van der Waals surface area contributed by atoms with Gasteiger partial charge in [0, 0.05) is 11.6 Å². The smallest absolute Gasteiger partial charge is 0.227 e. The van der Waals surface area contributed by atoms with Gasteiger partial charge in [0.15, 0.2) is 0 Å². The van der Waals surface area contributed by atoms with Crippen molar-refractivity contribution in [1.82, 2.24) is 4.98 Å². The van der Waals surface area contributed by atoms with Gasteiger partial charge in [0.25, 0.3) is 0 Å². The van der Waals surface area contributed by atoms with Crippen LogP contribution in [0.2, 0.25) is 0 Å². The van der Waals surface area contributed by atoms with Crippen LogP contribution in [0.5, 0.6) is 0 Å². The van der Waals surface area contributed by atoms with Crippen molar-refractivity contribution in [2.24, 2.45) is 11.8 Å². The molecule has 2 unspecified atom stereocenters. The van der Waals surface area contributed by atoms with Crippen LogP contribution in [0.15, 0.2) is 6.07 Å². The second-order valence-corrected chi connectivity index (χ2v) is 4.85. The van der Waals surface area contributed by atoms with Gasteiger partial charge in [-0.25, -0.2) is 0 Å². The molecule has 1 aromatic rings. The molecule has 1 fully saturated rings. The Balaban J connectivity index is 2.18. The Bertz CT molecular complexity index is 417. The summed E-state index contributed by atoms with van der Waals surface area (Å²) in [5.74, 6) is 0.892. The average Bonchev–Trinajstić information content (AvgIpc) is 2.88. The number of pyridine rings is 1. The van der Waals surface area contributed by atoms with Crippen LogP contribution in [0.25, 0.3) is 0 Å². The Labute approximate surface area is 96.3 Å². The molecule has 1 aliphatic carbocycles. The minimum Gasteiger partial charge on any atom is -0.324 e. The van der Waals surface area contributed by atoms with Gasteiger partial charge in [-0.05, 0) is 44.7 Å². The van der Waals surface area contributed by atoms with E-state index in [1.807, 2.05) is 26.8 Å². The largest absolute Gasteiger partial charge is 0.324 e. The lowest BCUT2D eigenvalue weighted by atomic mass is 10.1. The van der Waals surface area contributed by atoms with Crippen molar-refractivity contribution in [1.29, 1.82) is 0 Å². The molecule has 16 heavy (non-hydrogen) atoms.